The van der Waals surface area contributed by atoms with Gasteiger partial charge in [-0.15, -0.1) is 0 Å². The fourth-order valence-electron chi connectivity index (χ4n) is 2.21. The molecule has 0 saturated carbocycles. The Labute approximate surface area is 165 Å². The van der Waals surface area contributed by atoms with E-state index in [-0.39, 0.29) is 27.9 Å². The number of nitrogens with zero attached hydrogens (tertiary/aromatic N) is 1. The first-order valence-electron chi connectivity index (χ1n) is 8.15. The number of amides is 2. The van der Waals surface area contributed by atoms with Crippen LogP contribution in [-0.2, 0) is 9.53 Å². The quantitative estimate of drug-likeness (QED) is 0.374. The molecule has 0 aromatic heterocycles. The number of nitro benzene ring substituents is 1. The molecule has 0 saturated heterocycles. The lowest BCUT2D eigenvalue weighted by Gasteiger charge is -2.10. The zero-order chi connectivity index (χ0) is 20.5. The van der Waals surface area contributed by atoms with Gasteiger partial charge in [0.2, 0.25) is 0 Å². The fourth-order valence-corrected chi connectivity index (χ4v) is 2.48. The van der Waals surface area contributed by atoms with Crippen LogP contribution in [0, 0.1) is 10.1 Å². The maximum absolute atomic E-state index is 12.0. The maximum Gasteiger partial charge on any atom is 0.310 e. The lowest BCUT2D eigenvalue weighted by Crippen LogP contribution is -2.27. The number of carbonyl (C=O) groups excluding carboxylic acids is 2. The van der Waals surface area contributed by atoms with Gasteiger partial charge in [-0.2, -0.15) is 0 Å². The highest BCUT2D eigenvalue weighted by Crippen LogP contribution is 2.26. The molecule has 0 bridgehead atoms. The topological polar surface area (TPSA) is 120 Å². The Morgan fingerprint density at radius 2 is 1.96 bits per heavy atom. The maximum atomic E-state index is 12.0. The van der Waals surface area contributed by atoms with Crippen molar-refractivity contribution >= 4 is 34.8 Å². The summed E-state index contributed by atoms with van der Waals surface area (Å²) in [7, 11) is 1.52. The van der Waals surface area contributed by atoms with Crippen molar-refractivity contribution in [3.8, 4) is 5.75 Å². The Morgan fingerprint density at radius 3 is 2.64 bits per heavy atom. The minimum atomic E-state index is -0.594. The Kier molecular flexibility index (Phi) is 7.73. The molecule has 148 valence electrons. The van der Waals surface area contributed by atoms with Crippen molar-refractivity contribution < 1.29 is 24.0 Å². The summed E-state index contributed by atoms with van der Waals surface area (Å²) in [5.41, 5.74) is 0.378. The highest BCUT2D eigenvalue weighted by atomic mass is 35.5. The third kappa shape index (κ3) is 5.93. The second-order valence-electron chi connectivity index (χ2n) is 5.51. The van der Waals surface area contributed by atoms with E-state index in [2.05, 4.69) is 10.6 Å². The number of ether oxygens (including phenoxy) is 2. The molecule has 9 nitrogen and oxygen atoms in total. The first-order chi connectivity index (χ1) is 13.4. The molecule has 0 atom stereocenters. The first-order valence-corrected chi connectivity index (χ1v) is 8.53. The highest BCUT2D eigenvalue weighted by Gasteiger charge is 2.16. The average Bonchev–Trinajstić information content (AvgIpc) is 2.66. The summed E-state index contributed by atoms with van der Waals surface area (Å²) >= 11 is 6.10. The smallest absolute Gasteiger partial charge is 0.310 e. The van der Waals surface area contributed by atoms with E-state index in [0.717, 1.165) is 0 Å². The molecule has 0 unspecified atom stereocenters. The van der Waals surface area contributed by atoms with Crippen molar-refractivity contribution in [2.45, 2.75) is 0 Å². The lowest BCUT2D eigenvalue weighted by atomic mass is 10.2. The van der Waals surface area contributed by atoms with Crippen LogP contribution in [0.4, 0.5) is 11.4 Å². The zero-order valence-electron chi connectivity index (χ0n) is 14.9. The molecular formula is C18H18ClN3O6. The second kappa shape index (κ2) is 10.2. The predicted molar refractivity (Wildman–Crippen MR) is 103 cm³/mol. The number of para-hydroxylation sites is 2. The molecule has 2 aromatic rings. The first kappa shape index (κ1) is 21.1. The molecule has 10 heteroatoms. The van der Waals surface area contributed by atoms with Crippen molar-refractivity contribution in [2.75, 3.05) is 32.2 Å². The average molecular weight is 408 g/mol. The van der Waals surface area contributed by atoms with Gasteiger partial charge >= 0.3 is 5.69 Å². The van der Waals surface area contributed by atoms with Crippen molar-refractivity contribution in [3.63, 3.8) is 0 Å². The van der Waals surface area contributed by atoms with Gasteiger partial charge in [0.05, 0.1) is 22.1 Å². The van der Waals surface area contributed by atoms with Gasteiger partial charge < -0.3 is 20.1 Å². The van der Waals surface area contributed by atoms with Gasteiger partial charge in [-0.3, -0.25) is 19.7 Å². The number of nitro groups is 1. The molecule has 2 aromatic carbocycles. The van der Waals surface area contributed by atoms with Crippen molar-refractivity contribution in [2.24, 2.45) is 0 Å². The van der Waals surface area contributed by atoms with Crippen LogP contribution in [0.2, 0.25) is 5.02 Å². The van der Waals surface area contributed by atoms with E-state index in [9.17, 15) is 19.7 Å². The monoisotopic (exact) mass is 407 g/mol. The molecule has 0 aliphatic heterocycles. The van der Waals surface area contributed by atoms with Crippen LogP contribution < -0.4 is 15.4 Å². The van der Waals surface area contributed by atoms with E-state index in [1.807, 2.05) is 0 Å². The molecule has 2 amide bonds. The summed E-state index contributed by atoms with van der Waals surface area (Å²) in [5.74, 6) is -0.907. The number of methoxy groups -OCH3 is 1. The van der Waals surface area contributed by atoms with E-state index < -0.39 is 17.4 Å². The largest absolute Gasteiger partial charge is 0.477 e. The standard InChI is InChI=1S/C18H18ClN3O6/c1-27-9-8-20-18(24)13-7-6-12(10-14(13)19)21-17(23)11-28-16-5-3-2-4-15(16)22(25)26/h2-7,10H,8-9,11H2,1H3,(H,20,24)(H,21,23). The normalized spacial score (nSPS) is 10.2. The van der Waals surface area contributed by atoms with E-state index in [0.29, 0.717) is 18.8 Å². The van der Waals surface area contributed by atoms with Gasteiger partial charge in [-0.1, -0.05) is 23.7 Å². The zero-order valence-corrected chi connectivity index (χ0v) is 15.7. The number of nitrogens with one attached hydrogen (secondary N) is 2. The number of hydrogen-bond acceptors (Lipinski definition) is 6. The third-order valence-electron chi connectivity index (χ3n) is 3.51. The summed E-state index contributed by atoms with van der Waals surface area (Å²) in [6, 6.07) is 10.2. The molecule has 0 fully saturated rings. The minimum absolute atomic E-state index is 0.0104. The molecule has 0 aliphatic rings. The molecular weight excluding hydrogens is 390 g/mol. The summed E-state index contributed by atoms with van der Waals surface area (Å²) in [5, 5.41) is 16.3. The summed E-state index contributed by atoms with van der Waals surface area (Å²) < 4.78 is 10.1. The number of benzene rings is 2. The van der Waals surface area contributed by atoms with Gasteiger partial charge in [0, 0.05) is 25.4 Å². The molecule has 0 radical (unpaired) electrons. The van der Waals surface area contributed by atoms with E-state index in [1.54, 1.807) is 6.07 Å². The van der Waals surface area contributed by atoms with Crippen LogP contribution in [0.1, 0.15) is 10.4 Å². The number of anilines is 1. The Morgan fingerprint density at radius 1 is 1.21 bits per heavy atom. The van der Waals surface area contributed by atoms with Gasteiger partial charge in [0.1, 0.15) is 0 Å². The molecule has 0 heterocycles. The van der Waals surface area contributed by atoms with Gasteiger partial charge in [-0.25, -0.2) is 0 Å². The number of carbonyl (C=O) groups is 2. The second-order valence-corrected chi connectivity index (χ2v) is 5.91. The van der Waals surface area contributed by atoms with Gasteiger partial charge in [0.25, 0.3) is 11.8 Å². The third-order valence-corrected chi connectivity index (χ3v) is 3.82. The molecule has 28 heavy (non-hydrogen) atoms. The predicted octanol–water partition coefficient (Wildman–Crippen LogP) is 2.64. The van der Waals surface area contributed by atoms with Gasteiger partial charge in [-0.05, 0) is 24.3 Å². The molecule has 0 spiro atoms. The van der Waals surface area contributed by atoms with Crippen molar-refractivity contribution in [1.82, 2.24) is 5.32 Å². The van der Waals surface area contributed by atoms with Crippen LogP contribution >= 0.6 is 11.6 Å². The van der Waals surface area contributed by atoms with Crippen LogP contribution in [0.25, 0.3) is 0 Å². The lowest BCUT2D eigenvalue weighted by molar-refractivity contribution is -0.385. The molecule has 2 rings (SSSR count). The van der Waals surface area contributed by atoms with Crippen LogP contribution in [0.3, 0.4) is 0 Å². The van der Waals surface area contributed by atoms with Crippen molar-refractivity contribution in [1.29, 1.82) is 0 Å². The SMILES string of the molecule is COCCNC(=O)c1ccc(NC(=O)COc2ccccc2[N+](=O)[O-])cc1Cl. The number of halogens is 1. The highest BCUT2D eigenvalue weighted by molar-refractivity contribution is 6.34. The number of hydrogen-bond donors (Lipinski definition) is 2. The van der Waals surface area contributed by atoms with Crippen LogP contribution in [-0.4, -0.2) is 43.6 Å². The van der Waals surface area contributed by atoms with Crippen molar-refractivity contribution in [3.05, 3.63) is 63.2 Å². The minimum Gasteiger partial charge on any atom is -0.477 e. The summed E-state index contributed by atoms with van der Waals surface area (Å²) in [6.07, 6.45) is 0. The van der Waals surface area contributed by atoms with Crippen LogP contribution in [0.5, 0.6) is 5.75 Å². The van der Waals surface area contributed by atoms with E-state index in [4.69, 9.17) is 21.1 Å². The van der Waals surface area contributed by atoms with Gasteiger partial charge in [0.15, 0.2) is 12.4 Å². The van der Waals surface area contributed by atoms with Crippen LogP contribution in [0.15, 0.2) is 42.5 Å². The summed E-state index contributed by atoms with van der Waals surface area (Å²) in [6.45, 7) is 0.284. The Balaban J connectivity index is 1.95. The summed E-state index contributed by atoms with van der Waals surface area (Å²) in [4.78, 5) is 34.4. The molecule has 2 N–H and O–H groups in total. The Bertz CT molecular complexity index is 874. The Hall–Kier alpha value is -3.17. The van der Waals surface area contributed by atoms with E-state index in [1.165, 1.54) is 43.5 Å². The fraction of sp³-hybridized carbons (Fsp3) is 0.222. The molecule has 0 aliphatic carbocycles. The van der Waals surface area contributed by atoms with E-state index >= 15 is 0 Å². The number of rotatable bonds is 9.